The molecule has 1 heterocycles. The van der Waals surface area contributed by atoms with Crippen molar-refractivity contribution in [2.24, 2.45) is 5.41 Å². The third-order valence-electron chi connectivity index (χ3n) is 7.75. The smallest absolute Gasteiger partial charge is 0.411 e. The molecule has 1 saturated carbocycles. The molecule has 1 aromatic heterocycles. The van der Waals surface area contributed by atoms with Crippen molar-refractivity contribution in [3.8, 4) is 5.75 Å². The Morgan fingerprint density at radius 3 is 2.68 bits per heavy atom. The monoisotopic (exact) mass is 511 g/mol. The Kier molecular flexibility index (Phi) is 7.50. The Morgan fingerprint density at radius 1 is 1.11 bits per heavy atom. The number of carbonyl (C=O) groups excluding carboxylic acids is 1. The van der Waals surface area contributed by atoms with E-state index in [2.05, 4.69) is 36.5 Å². The van der Waals surface area contributed by atoms with Gasteiger partial charge in [-0.05, 0) is 60.3 Å². The molecule has 6 heteroatoms. The summed E-state index contributed by atoms with van der Waals surface area (Å²) >= 11 is 0. The maximum Gasteiger partial charge on any atom is 0.411 e. The van der Waals surface area contributed by atoms with E-state index in [0.29, 0.717) is 23.4 Å². The fourth-order valence-electron chi connectivity index (χ4n) is 5.31. The normalized spacial score (nSPS) is 21.7. The van der Waals surface area contributed by atoms with Crippen molar-refractivity contribution in [2.45, 2.75) is 57.5 Å². The summed E-state index contributed by atoms with van der Waals surface area (Å²) in [6.45, 7) is 2.36. The van der Waals surface area contributed by atoms with E-state index in [1.165, 1.54) is 0 Å². The average Bonchev–Trinajstić information content (AvgIpc) is 3.72. The third-order valence-corrected chi connectivity index (χ3v) is 7.75. The van der Waals surface area contributed by atoms with E-state index in [-0.39, 0.29) is 29.6 Å². The maximum absolute atomic E-state index is 12.9. The summed E-state index contributed by atoms with van der Waals surface area (Å²) in [6.07, 6.45) is 12.2. The summed E-state index contributed by atoms with van der Waals surface area (Å²) in [5.74, 6) is 0.477. The van der Waals surface area contributed by atoms with Crippen LogP contribution in [0.2, 0.25) is 0 Å². The van der Waals surface area contributed by atoms with Gasteiger partial charge in [0.1, 0.15) is 18.1 Å². The minimum absolute atomic E-state index is 0.00662. The van der Waals surface area contributed by atoms with E-state index < -0.39 is 11.7 Å². The second-order valence-corrected chi connectivity index (χ2v) is 10.3. The van der Waals surface area contributed by atoms with Gasteiger partial charge in [0.05, 0.1) is 5.56 Å². The van der Waals surface area contributed by atoms with Gasteiger partial charge in [-0.2, -0.15) is 0 Å². The Bertz CT molecular complexity index is 1410. The van der Waals surface area contributed by atoms with E-state index in [4.69, 9.17) is 9.15 Å². The number of benzene rings is 2. The van der Waals surface area contributed by atoms with Gasteiger partial charge in [-0.15, -0.1) is 0 Å². The predicted octanol–water partition coefficient (Wildman–Crippen LogP) is 7.21. The molecule has 3 aromatic rings. The number of rotatable bonds is 9. The minimum atomic E-state index is -0.531. The van der Waals surface area contributed by atoms with Gasteiger partial charge in [-0.1, -0.05) is 73.7 Å². The number of hydrogen-bond donors (Lipinski definition) is 2. The lowest BCUT2D eigenvalue weighted by atomic mass is 9.75. The van der Waals surface area contributed by atoms with Crippen LogP contribution in [0.4, 0.5) is 10.5 Å². The highest BCUT2D eigenvalue weighted by Crippen LogP contribution is 2.56. The first-order chi connectivity index (χ1) is 18.5. The molecule has 0 aliphatic heterocycles. The Morgan fingerprint density at radius 2 is 1.95 bits per heavy atom. The molecule has 196 valence electrons. The fraction of sp³-hybridized carbons (Fsp3) is 0.312. The van der Waals surface area contributed by atoms with E-state index in [1.807, 2.05) is 48.5 Å². The number of amides is 1. The SMILES string of the molecule is CCC1(CCc2cc(O)c(C3CC3c3cccc(NC(=O)OCc4ccccc4)c3)c(=O)o2)C=CC=CC1. The second-order valence-electron chi connectivity index (χ2n) is 10.3. The Balaban J connectivity index is 1.21. The van der Waals surface area contributed by atoms with Crippen LogP contribution < -0.4 is 10.9 Å². The molecule has 2 N–H and O–H groups in total. The van der Waals surface area contributed by atoms with Crippen molar-refractivity contribution in [3.05, 3.63) is 118 Å². The third kappa shape index (κ3) is 5.91. The average molecular weight is 512 g/mol. The zero-order valence-electron chi connectivity index (χ0n) is 21.6. The first-order valence-corrected chi connectivity index (χ1v) is 13.2. The van der Waals surface area contributed by atoms with E-state index >= 15 is 0 Å². The van der Waals surface area contributed by atoms with Crippen molar-refractivity contribution in [1.29, 1.82) is 0 Å². The van der Waals surface area contributed by atoms with E-state index in [0.717, 1.165) is 36.8 Å². The summed E-state index contributed by atoms with van der Waals surface area (Å²) in [7, 11) is 0. The highest BCUT2D eigenvalue weighted by Gasteiger charge is 2.43. The van der Waals surface area contributed by atoms with Crippen molar-refractivity contribution < 1.29 is 19.1 Å². The number of hydrogen-bond acceptors (Lipinski definition) is 5. The van der Waals surface area contributed by atoms with Crippen molar-refractivity contribution in [1.82, 2.24) is 0 Å². The van der Waals surface area contributed by atoms with Gasteiger partial charge in [-0.3, -0.25) is 5.32 Å². The van der Waals surface area contributed by atoms with Crippen LogP contribution in [-0.2, 0) is 17.8 Å². The number of aromatic hydroxyl groups is 1. The first kappa shape index (κ1) is 25.6. The van der Waals surface area contributed by atoms with Crippen LogP contribution in [-0.4, -0.2) is 11.2 Å². The van der Waals surface area contributed by atoms with E-state index in [1.54, 1.807) is 12.1 Å². The molecule has 0 spiro atoms. The van der Waals surface area contributed by atoms with Gasteiger partial charge in [0, 0.05) is 24.1 Å². The van der Waals surface area contributed by atoms with Crippen LogP contribution in [0.25, 0.3) is 0 Å². The highest BCUT2D eigenvalue weighted by atomic mass is 16.5. The standard InChI is InChI=1S/C32H33NO5/c1-2-32(15-7-4-8-16-32)17-14-25-19-28(34)29(30(35)38-25)27-20-26(27)23-12-9-13-24(18-23)33-31(36)37-21-22-10-5-3-6-11-22/h3-13,15,18-19,26-27,34H,2,14,16-17,20-21H2,1H3,(H,33,36). The van der Waals surface area contributed by atoms with Crippen LogP contribution >= 0.6 is 0 Å². The summed E-state index contributed by atoms with van der Waals surface area (Å²) < 4.78 is 11.0. The number of aryl methyl sites for hydroxylation is 1. The molecule has 3 unspecified atom stereocenters. The molecule has 6 nitrogen and oxygen atoms in total. The first-order valence-electron chi connectivity index (χ1n) is 13.2. The number of allylic oxidation sites excluding steroid dienone is 4. The lowest BCUT2D eigenvalue weighted by Crippen LogP contribution is -2.19. The molecule has 1 amide bonds. The van der Waals surface area contributed by atoms with Gasteiger partial charge >= 0.3 is 11.7 Å². The number of ether oxygens (including phenoxy) is 1. The largest absolute Gasteiger partial charge is 0.507 e. The second kappa shape index (κ2) is 11.1. The molecule has 2 aromatic carbocycles. The zero-order chi connectivity index (χ0) is 26.5. The molecule has 2 aliphatic carbocycles. The zero-order valence-corrected chi connectivity index (χ0v) is 21.6. The number of carbonyl (C=O) groups is 1. The molecule has 38 heavy (non-hydrogen) atoms. The molecule has 2 aliphatic rings. The number of anilines is 1. The molecule has 5 rings (SSSR count). The van der Waals surface area contributed by atoms with Crippen LogP contribution in [0.1, 0.15) is 66.9 Å². The van der Waals surface area contributed by atoms with Gasteiger partial charge < -0.3 is 14.3 Å². The molecule has 0 saturated heterocycles. The lowest BCUT2D eigenvalue weighted by Gasteiger charge is -2.29. The Hall–Kier alpha value is -4.06. The fourth-order valence-corrected chi connectivity index (χ4v) is 5.31. The molecule has 1 fully saturated rings. The minimum Gasteiger partial charge on any atom is -0.507 e. The van der Waals surface area contributed by atoms with Crippen LogP contribution in [0.3, 0.4) is 0 Å². The molecule has 0 radical (unpaired) electrons. The van der Waals surface area contributed by atoms with Gasteiger partial charge in [0.25, 0.3) is 0 Å². The van der Waals surface area contributed by atoms with E-state index in [9.17, 15) is 14.7 Å². The summed E-state index contributed by atoms with van der Waals surface area (Å²) in [4.78, 5) is 25.2. The Labute approximate surface area is 222 Å². The van der Waals surface area contributed by atoms with Gasteiger partial charge in [0.2, 0.25) is 0 Å². The van der Waals surface area contributed by atoms with Crippen LogP contribution in [0, 0.1) is 5.41 Å². The van der Waals surface area contributed by atoms with Crippen LogP contribution in [0.5, 0.6) is 5.75 Å². The molecular formula is C32H33NO5. The highest BCUT2D eigenvalue weighted by molar-refractivity contribution is 5.84. The quantitative estimate of drug-likeness (QED) is 0.317. The summed E-state index contributed by atoms with van der Waals surface area (Å²) in [5.41, 5.74) is 2.46. The molecular weight excluding hydrogens is 478 g/mol. The van der Waals surface area contributed by atoms with Crippen molar-refractivity contribution in [2.75, 3.05) is 5.32 Å². The topological polar surface area (TPSA) is 88.8 Å². The summed E-state index contributed by atoms with van der Waals surface area (Å²) in [6, 6.07) is 18.6. The lowest BCUT2D eigenvalue weighted by molar-refractivity contribution is 0.155. The molecule has 0 bridgehead atoms. The summed E-state index contributed by atoms with van der Waals surface area (Å²) in [5, 5.41) is 13.5. The maximum atomic E-state index is 12.9. The number of nitrogens with one attached hydrogen (secondary N) is 1. The molecule has 3 atom stereocenters. The van der Waals surface area contributed by atoms with Gasteiger partial charge in [-0.25, -0.2) is 9.59 Å². The predicted molar refractivity (Wildman–Crippen MR) is 147 cm³/mol. The van der Waals surface area contributed by atoms with Crippen molar-refractivity contribution >= 4 is 11.8 Å². The van der Waals surface area contributed by atoms with Crippen LogP contribution in [0.15, 0.2) is 94.2 Å². The van der Waals surface area contributed by atoms with Gasteiger partial charge in [0.15, 0.2) is 0 Å². The van der Waals surface area contributed by atoms with Crippen molar-refractivity contribution in [3.63, 3.8) is 0 Å².